The molecule has 20 heavy (non-hydrogen) atoms. The van der Waals surface area contributed by atoms with E-state index in [4.69, 9.17) is 4.74 Å². The van der Waals surface area contributed by atoms with Gasteiger partial charge in [-0.2, -0.15) is 4.31 Å². The predicted molar refractivity (Wildman–Crippen MR) is 73.5 cm³/mol. The zero-order valence-electron chi connectivity index (χ0n) is 12.6. The minimum absolute atomic E-state index is 0.0990. The van der Waals surface area contributed by atoms with Crippen molar-refractivity contribution in [3.63, 3.8) is 0 Å². The molecule has 0 bridgehead atoms. The Morgan fingerprint density at radius 3 is 1.85 bits per heavy atom. The van der Waals surface area contributed by atoms with Crippen LogP contribution in [-0.4, -0.2) is 55.7 Å². The summed E-state index contributed by atoms with van der Waals surface area (Å²) in [7, 11) is -3.96. The normalized spacial score (nSPS) is 12.3. The van der Waals surface area contributed by atoms with Crippen LogP contribution in [-0.2, 0) is 29.1 Å². The Bertz CT molecular complexity index is 437. The monoisotopic (exact) mass is 309 g/mol. The number of esters is 2. The number of rotatable bonds is 7. The Morgan fingerprint density at radius 1 is 1.00 bits per heavy atom. The van der Waals surface area contributed by atoms with E-state index in [2.05, 4.69) is 4.74 Å². The summed E-state index contributed by atoms with van der Waals surface area (Å²) in [4.78, 5) is 22.9. The fourth-order valence-electron chi connectivity index (χ4n) is 1.51. The quantitative estimate of drug-likeness (QED) is 0.638. The van der Waals surface area contributed by atoms with Gasteiger partial charge in [-0.3, -0.25) is 9.59 Å². The van der Waals surface area contributed by atoms with E-state index in [0.29, 0.717) is 0 Å². The molecular formula is C12H23NO6S. The summed E-state index contributed by atoms with van der Waals surface area (Å²) >= 11 is 0. The second-order valence-electron chi connectivity index (χ2n) is 5.04. The lowest BCUT2D eigenvalue weighted by Crippen LogP contribution is -2.50. The minimum Gasteiger partial charge on any atom is -0.465 e. The highest BCUT2D eigenvalue weighted by Gasteiger charge is 2.36. The molecule has 0 atom stereocenters. The van der Waals surface area contributed by atoms with E-state index in [-0.39, 0.29) is 13.2 Å². The van der Waals surface area contributed by atoms with E-state index >= 15 is 0 Å². The third kappa shape index (κ3) is 6.33. The van der Waals surface area contributed by atoms with Gasteiger partial charge in [-0.15, -0.1) is 0 Å². The molecule has 0 fully saturated rings. The molecule has 0 amide bonds. The Kier molecular flexibility index (Phi) is 7.15. The third-order valence-electron chi connectivity index (χ3n) is 2.27. The smallest absolute Gasteiger partial charge is 0.322 e. The summed E-state index contributed by atoms with van der Waals surface area (Å²) in [6.07, 6.45) is 0. The molecule has 0 saturated heterocycles. The van der Waals surface area contributed by atoms with Crippen molar-refractivity contribution < 1.29 is 27.5 Å². The highest BCUT2D eigenvalue weighted by Crippen LogP contribution is 2.18. The molecule has 0 rings (SSSR count). The molecule has 7 nitrogen and oxygen atoms in total. The van der Waals surface area contributed by atoms with Crippen LogP contribution in [0, 0.1) is 0 Å². The first-order valence-corrected chi connectivity index (χ1v) is 7.97. The first-order valence-electron chi connectivity index (χ1n) is 6.36. The molecule has 0 saturated carbocycles. The van der Waals surface area contributed by atoms with Crippen molar-refractivity contribution in [2.75, 3.05) is 25.5 Å². The van der Waals surface area contributed by atoms with Crippen molar-refractivity contribution in [3.8, 4) is 0 Å². The summed E-state index contributed by atoms with van der Waals surface area (Å²) in [5, 5.41) is 0. The van der Waals surface area contributed by atoms with Crippen LogP contribution in [0.3, 0.4) is 0 Å². The summed E-state index contributed by atoms with van der Waals surface area (Å²) in [6.45, 7) is 7.95. The molecule has 0 radical (unpaired) electrons. The standard InChI is InChI=1S/C12H23NO6S/c1-6-18-10(14)8-13(12(3,4)5)20(16,17)9-11(15)19-7-2/h6-9H2,1-5H3. The molecule has 0 aliphatic heterocycles. The van der Waals surface area contributed by atoms with Gasteiger partial charge in [0, 0.05) is 5.54 Å². The predicted octanol–water partition coefficient (Wildman–Crippen LogP) is 0.543. The third-order valence-corrected chi connectivity index (χ3v) is 4.22. The Hall–Kier alpha value is -1.15. The number of ether oxygens (including phenoxy) is 2. The molecule has 8 heteroatoms. The van der Waals surface area contributed by atoms with Crippen LogP contribution in [0.2, 0.25) is 0 Å². The fraction of sp³-hybridized carbons (Fsp3) is 0.833. The lowest BCUT2D eigenvalue weighted by atomic mass is 10.1. The van der Waals surface area contributed by atoms with E-state index in [1.54, 1.807) is 34.6 Å². The zero-order chi connectivity index (χ0) is 16.0. The lowest BCUT2D eigenvalue weighted by molar-refractivity contribution is -0.144. The van der Waals surface area contributed by atoms with Crippen molar-refractivity contribution in [3.05, 3.63) is 0 Å². The molecule has 0 aromatic heterocycles. The van der Waals surface area contributed by atoms with Gasteiger partial charge in [-0.25, -0.2) is 8.42 Å². The van der Waals surface area contributed by atoms with Gasteiger partial charge >= 0.3 is 11.9 Å². The summed E-state index contributed by atoms with van der Waals surface area (Å²) in [5.74, 6) is -2.29. The molecule has 118 valence electrons. The van der Waals surface area contributed by atoms with Gasteiger partial charge in [-0.05, 0) is 34.6 Å². The average Bonchev–Trinajstić information content (AvgIpc) is 2.24. The minimum atomic E-state index is -3.96. The zero-order valence-corrected chi connectivity index (χ0v) is 13.4. The van der Waals surface area contributed by atoms with E-state index in [9.17, 15) is 18.0 Å². The number of hydrogen-bond donors (Lipinski definition) is 0. The number of hydrogen-bond acceptors (Lipinski definition) is 6. The van der Waals surface area contributed by atoms with E-state index in [1.807, 2.05) is 0 Å². The maximum absolute atomic E-state index is 12.2. The highest BCUT2D eigenvalue weighted by molar-refractivity contribution is 7.89. The fourth-order valence-corrected chi connectivity index (χ4v) is 3.18. The topological polar surface area (TPSA) is 90.0 Å². The molecule has 0 spiro atoms. The van der Waals surface area contributed by atoms with Crippen molar-refractivity contribution in [2.45, 2.75) is 40.2 Å². The van der Waals surface area contributed by atoms with Gasteiger partial charge in [0.15, 0.2) is 5.75 Å². The van der Waals surface area contributed by atoms with E-state index < -0.39 is 39.8 Å². The van der Waals surface area contributed by atoms with Crippen molar-refractivity contribution >= 4 is 22.0 Å². The van der Waals surface area contributed by atoms with Crippen LogP contribution in [0.1, 0.15) is 34.6 Å². The van der Waals surface area contributed by atoms with Crippen LogP contribution in [0.4, 0.5) is 0 Å². The molecule has 0 aromatic carbocycles. The van der Waals surface area contributed by atoms with E-state index in [1.165, 1.54) is 0 Å². The summed E-state index contributed by atoms with van der Waals surface area (Å²) in [6, 6.07) is 0. The molecule has 0 N–H and O–H groups in total. The average molecular weight is 309 g/mol. The van der Waals surface area contributed by atoms with Crippen molar-refractivity contribution in [1.82, 2.24) is 4.31 Å². The van der Waals surface area contributed by atoms with Gasteiger partial charge in [0.25, 0.3) is 0 Å². The second-order valence-corrected chi connectivity index (χ2v) is 6.94. The van der Waals surface area contributed by atoms with Gasteiger partial charge in [-0.1, -0.05) is 0 Å². The highest BCUT2D eigenvalue weighted by atomic mass is 32.2. The van der Waals surface area contributed by atoms with Gasteiger partial charge in [0.1, 0.15) is 6.54 Å². The SMILES string of the molecule is CCOC(=O)CN(C(C)(C)C)S(=O)(=O)CC(=O)OCC. The van der Waals surface area contributed by atoms with Crippen LogP contribution in [0.5, 0.6) is 0 Å². The lowest BCUT2D eigenvalue weighted by Gasteiger charge is -2.33. The Balaban J connectivity index is 5.12. The molecule has 0 unspecified atom stereocenters. The number of sulfonamides is 1. The van der Waals surface area contributed by atoms with Crippen LogP contribution >= 0.6 is 0 Å². The van der Waals surface area contributed by atoms with Crippen LogP contribution < -0.4 is 0 Å². The first kappa shape index (κ1) is 18.9. The molecular weight excluding hydrogens is 286 g/mol. The van der Waals surface area contributed by atoms with Gasteiger partial charge in [0.05, 0.1) is 13.2 Å². The summed E-state index contributed by atoms with van der Waals surface area (Å²) < 4.78 is 34.8. The van der Waals surface area contributed by atoms with Gasteiger partial charge < -0.3 is 9.47 Å². The Morgan fingerprint density at radius 2 is 1.45 bits per heavy atom. The second kappa shape index (κ2) is 7.58. The number of nitrogens with zero attached hydrogens (tertiary/aromatic N) is 1. The number of carbonyl (C=O) groups is 2. The largest absolute Gasteiger partial charge is 0.465 e. The maximum atomic E-state index is 12.2. The first-order chi connectivity index (χ1) is 9.04. The molecule has 0 heterocycles. The van der Waals surface area contributed by atoms with Crippen LogP contribution in [0.15, 0.2) is 0 Å². The van der Waals surface area contributed by atoms with Crippen molar-refractivity contribution in [1.29, 1.82) is 0 Å². The van der Waals surface area contributed by atoms with Crippen molar-refractivity contribution in [2.24, 2.45) is 0 Å². The van der Waals surface area contributed by atoms with Crippen LogP contribution in [0.25, 0.3) is 0 Å². The molecule has 0 aliphatic rings. The van der Waals surface area contributed by atoms with E-state index in [0.717, 1.165) is 4.31 Å². The van der Waals surface area contributed by atoms with Gasteiger partial charge in [0.2, 0.25) is 10.0 Å². The number of carbonyl (C=O) groups excluding carboxylic acids is 2. The molecule has 0 aromatic rings. The Labute approximate surface area is 120 Å². The summed E-state index contributed by atoms with van der Waals surface area (Å²) in [5.41, 5.74) is -0.849. The maximum Gasteiger partial charge on any atom is 0.322 e. The molecule has 0 aliphatic carbocycles.